The lowest BCUT2D eigenvalue weighted by atomic mass is 9.78. The SMILES string of the molecule is CNc1nc(-c2ccccc2C2CCC2)c(Cl)cc1Cl. The summed E-state index contributed by atoms with van der Waals surface area (Å²) in [6, 6.07) is 10.2. The van der Waals surface area contributed by atoms with Crippen LogP contribution in [0.1, 0.15) is 30.7 Å². The number of anilines is 1. The van der Waals surface area contributed by atoms with Crippen LogP contribution >= 0.6 is 23.2 Å². The van der Waals surface area contributed by atoms with E-state index in [1.54, 1.807) is 6.07 Å². The number of benzene rings is 1. The molecule has 20 heavy (non-hydrogen) atoms. The molecular formula is C16H16Cl2N2. The molecule has 0 atom stereocenters. The lowest BCUT2D eigenvalue weighted by Gasteiger charge is -2.28. The lowest BCUT2D eigenvalue weighted by molar-refractivity contribution is 0.420. The van der Waals surface area contributed by atoms with Crippen molar-refractivity contribution in [2.75, 3.05) is 12.4 Å². The van der Waals surface area contributed by atoms with E-state index in [-0.39, 0.29) is 0 Å². The summed E-state index contributed by atoms with van der Waals surface area (Å²) in [6.45, 7) is 0. The van der Waals surface area contributed by atoms with Gasteiger partial charge >= 0.3 is 0 Å². The van der Waals surface area contributed by atoms with Crippen LogP contribution in [-0.4, -0.2) is 12.0 Å². The molecule has 1 aliphatic rings. The Morgan fingerprint density at radius 2 is 1.90 bits per heavy atom. The van der Waals surface area contributed by atoms with Gasteiger partial charge in [-0.15, -0.1) is 0 Å². The molecule has 1 aliphatic carbocycles. The minimum absolute atomic E-state index is 0.544. The highest BCUT2D eigenvalue weighted by molar-refractivity contribution is 6.37. The van der Waals surface area contributed by atoms with Crippen LogP contribution in [0.2, 0.25) is 10.0 Å². The van der Waals surface area contributed by atoms with Gasteiger partial charge in [-0.1, -0.05) is 53.9 Å². The van der Waals surface area contributed by atoms with Crippen LogP contribution in [0.5, 0.6) is 0 Å². The molecule has 104 valence electrons. The fourth-order valence-corrected chi connectivity index (χ4v) is 3.17. The maximum atomic E-state index is 6.36. The molecule has 4 heteroatoms. The molecule has 0 spiro atoms. The molecule has 3 rings (SSSR count). The number of nitrogens with one attached hydrogen (secondary N) is 1. The zero-order chi connectivity index (χ0) is 14.1. The fourth-order valence-electron chi connectivity index (χ4n) is 2.62. The number of nitrogens with zero attached hydrogens (tertiary/aromatic N) is 1. The predicted octanol–water partition coefficient (Wildman–Crippen LogP) is 5.36. The first kappa shape index (κ1) is 13.7. The van der Waals surface area contributed by atoms with Gasteiger partial charge in [-0.25, -0.2) is 4.98 Å². The second-order valence-electron chi connectivity index (χ2n) is 5.11. The smallest absolute Gasteiger partial charge is 0.145 e. The van der Waals surface area contributed by atoms with Gasteiger partial charge in [0.2, 0.25) is 0 Å². The quantitative estimate of drug-likeness (QED) is 0.825. The summed E-state index contributed by atoms with van der Waals surface area (Å²) in [7, 11) is 1.81. The van der Waals surface area contributed by atoms with Gasteiger partial charge in [0.05, 0.1) is 15.7 Å². The van der Waals surface area contributed by atoms with Gasteiger partial charge in [-0.05, 0) is 30.4 Å². The molecule has 1 heterocycles. The summed E-state index contributed by atoms with van der Waals surface area (Å²) in [5.74, 6) is 1.30. The van der Waals surface area contributed by atoms with Crippen molar-refractivity contribution >= 4 is 29.0 Å². The van der Waals surface area contributed by atoms with E-state index in [4.69, 9.17) is 23.2 Å². The van der Waals surface area contributed by atoms with Gasteiger partial charge in [-0.3, -0.25) is 0 Å². The Balaban J connectivity index is 2.13. The second-order valence-corrected chi connectivity index (χ2v) is 5.93. The van der Waals surface area contributed by atoms with E-state index in [1.807, 2.05) is 13.1 Å². The van der Waals surface area contributed by atoms with Crippen molar-refractivity contribution in [3.05, 3.63) is 45.9 Å². The van der Waals surface area contributed by atoms with Crippen LogP contribution in [0.3, 0.4) is 0 Å². The number of pyridine rings is 1. The Morgan fingerprint density at radius 3 is 2.55 bits per heavy atom. The van der Waals surface area contributed by atoms with Gasteiger partial charge < -0.3 is 5.32 Å². The Bertz CT molecular complexity index is 636. The molecule has 0 bridgehead atoms. The molecule has 1 fully saturated rings. The van der Waals surface area contributed by atoms with Crippen LogP contribution in [0.4, 0.5) is 5.82 Å². The molecule has 1 N–H and O–H groups in total. The average Bonchev–Trinajstić information content (AvgIpc) is 2.38. The Labute approximate surface area is 129 Å². The van der Waals surface area contributed by atoms with Crippen LogP contribution < -0.4 is 5.32 Å². The highest BCUT2D eigenvalue weighted by atomic mass is 35.5. The first-order chi connectivity index (χ1) is 9.70. The van der Waals surface area contributed by atoms with Gasteiger partial charge in [0.25, 0.3) is 0 Å². The molecule has 0 radical (unpaired) electrons. The Morgan fingerprint density at radius 1 is 1.15 bits per heavy atom. The van der Waals surface area contributed by atoms with Crippen molar-refractivity contribution in [3.8, 4) is 11.3 Å². The number of rotatable bonds is 3. The zero-order valence-electron chi connectivity index (χ0n) is 11.3. The van der Waals surface area contributed by atoms with Gasteiger partial charge in [0.1, 0.15) is 5.82 Å². The molecule has 1 aromatic heterocycles. The van der Waals surface area contributed by atoms with E-state index < -0.39 is 0 Å². The molecule has 0 unspecified atom stereocenters. The van der Waals surface area contributed by atoms with E-state index in [0.717, 1.165) is 11.3 Å². The first-order valence-electron chi connectivity index (χ1n) is 6.84. The highest BCUT2D eigenvalue weighted by Gasteiger charge is 2.23. The summed E-state index contributed by atoms with van der Waals surface area (Å²) in [4.78, 5) is 4.59. The highest BCUT2D eigenvalue weighted by Crippen LogP contribution is 2.42. The molecule has 2 aromatic rings. The molecule has 1 aromatic carbocycles. The second kappa shape index (κ2) is 5.63. The van der Waals surface area contributed by atoms with E-state index in [1.165, 1.54) is 24.8 Å². The minimum Gasteiger partial charge on any atom is -0.372 e. The largest absolute Gasteiger partial charge is 0.372 e. The van der Waals surface area contributed by atoms with Gasteiger partial charge in [0.15, 0.2) is 0 Å². The van der Waals surface area contributed by atoms with E-state index in [9.17, 15) is 0 Å². The molecule has 0 amide bonds. The minimum atomic E-state index is 0.544. The fraction of sp³-hybridized carbons (Fsp3) is 0.312. The van der Waals surface area contributed by atoms with Crippen LogP contribution in [0.15, 0.2) is 30.3 Å². The average molecular weight is 307 g/mol. The number of aromatic nitrogens is 1. The molecular weight excluding hydrogens is 291 g/mol. The van der Waals surface area contributed by atoms with Crippen molar-refractivity contribution in [2.24, 2.45) is 0 Å². The zero-order valence-corrected chi connectivity index (χ0v) is 12.8. The number of hydrogen-bond donors (Lipinski definition) is 1. The summed E-state index contributed by atoms with van der Waals surface area (Å²) >= 11 is 12.5. The molecule has 0 saturated heterocycles. The molecule has 0 aliphatic heterocycles. The first-order valence-corrected chi connectivity index (χ1v) is 7.59. The Hall–Kier alpha value is -1.25. The maximum Gasteiger partial charge on any atom is 0.145 e. The topological polar surface area (TPSA) is 24.9 Å². The van der Waals surface area contributed by atoms with E-state index in [0.29, 0.717) is 21.8 Å². The van der Waals surface area contributed by atoms with Gasteiger partial charge in [0, 0.05) is 12.6 Å². The predicted molar refractivity (Wildman–Crippen MR) is 85.8 cm³/mol. The lowest BCUT2D eigenvalue weighted by Crippen LogP contribution is -2.10. The molecule has 1 saturated carbocycles. The number of halogens is 2. The van der Waals surface area contributed by atoms with E-state index in [2.05, 4.69) is 28.5 Å². The standard InChI is InChI=1S/C16H16Cl2N2/c1-19-16-14(18)9-13(17)15(20-16)12-8-3-2-7-11(12)10-5-4-6-10/h2-3,7-10H,4-6H2,1H3,(H,19,20). The summed E-state index contributed by atoms with van der Waals surface area (Å²) in [5, 5.41) is 4.15. The number of hydrogen-bond acceptors (Lipinski definition) is 2. The normalized spacial score (nSPS) is 14.9. The third-order valence-corrected chi connectivity index (χ3v) is 4.50. The third-order valence-electron chi connectivity index (χ3n) is 3.93. The summed E-state index contributed by atoms with van der Waals surface area (Å²) in [5.41, 5.74) is 3.27. The summed E-state index contributed by atoms with van der Waals surface area (Å²) in [6.07, 6.45) is 3.81. The maximum absolute atomic E-state index is 6.36. The van der Waals surface area contributed by atoms with Crippen LogP contribution in [0, 0.1) is 0 Å². The summed E-state index contributed by atoms with van der Waals surface area (Å²) < 4.78 is 0. The van der Waals surface area contributed by atoms with Crippen molar-refractivity contribution in [1.29, 1.82) is 0 Å². The Kier molecular flexibility index (Phi) is 3.86. The van der Waals surface area contributed by atoms with Crippen molar-refractivity contribution in [3.63, 3.8) is 0 Å². The van der Waals surface area contributed by atoms with Crippen LogP contribution in [0.25, 0.3) is 11.3 Å². The van der Waals surface area contributed by atoms with Crippen LogP contribution in [-0.2, 0) is 0 Å². The molecule has 2 nitrogen and oxygen atoms in total. The van der Waals surface area contributed by atoms with Crippen molar-refractivity contribution in [2.45, 2.75) is 25.2 Å². The van der Waals surface area contributed by atoms with Gasteiger partial charge in [-0.2, -0.15) is 0 Å². The monoisotopic (exact) mass is 306 g/mol. The van der Waals surface area contributed by atoms with Crippen molar-refractivity contribution in [1.82, 2.24) is 4.98 Å². The van der Waals surface area contributed by atoms with E-state index >= 15 is 0 Å². The third kappa shape index (κ3) is 2.38. The van der Waals surface area contributed by atoms with Crippen molar-refractivity contribution < 1.29 is 0 Å².